The maximum atomic E-state index is 12.5. The lowest BCUT2D eigenvalue weighted by molar-refractivity contribution is -0.242. The fourth-order valence-electron chi connectivity index (χ4n) is 5.03. The third-order valence-corrected chi connectivity index (χ3v) is 8.10. The van der Waals surface area contributed by atoms with Crippen LogP contribution in [-0.4, -0.2) is 69.9 Å². The van der Waals surface area contributed by atoms with Crippen LogP contribution >= 0.6 is 0 Å². The fraction of sp³-hybridized carbons (Fsp3) is 0.490. The Hall–Kier alpha value is -4.29. The van der Waals surface area contributed by atoms with E-state index in [1.165, 1.54) is 37.7 Å². The molecule has 4 rings (SSSR count). The number of fused-ring (bicyclic) bond motifs is 1. The van der Waals surface area contributed by atoms with Gasteiger partial charge in [-0.15, -0.1) is 6.58 Å². The lowest BCUT2D eigenvalue weighted by atomic mass is 10.1. The standard InChI is InChI=1S/C34H38O5.C6H12O2.C5H12O2.C2H6O.C2H6/c1-3-4-5-6-7-21-38-32-15-9-27(10-16-32)25-37-22-20-26-8-11-30-24-33(19-14-29(30)23-26)39-34(35)28-12-17-31(36-2)18-13-28;1-3-5-8-6-7-4-2;1-2-3-4-5-7-6;1-2-3;1-2/h8-19,23-24H,3-7,20-22,25H2,1-2H3;3H,1,4-6H2,2H3;6H,2-5H2,1H3;3H,2H2,1H3;1-2H3. The molecule has 0 aliphatic rings. The van der Waals surface area contributed by atoms with Gasteiger partial charge >= 0.3 is 5.97 Å². The van der Waals surface area contributed by atoms with E-state index in [2.05, 4.69) is 55.6 Å². The van der Waals surface area contributed by atoms with E-state index in [1.807, 2.05) is 51.1 Å². The number of esters is 1. The molecule has 0 aliphatic carbocycles. The SMILES string of the molecule is C=CCOCOCC.CC.CCCCCCCOc1ccc(COCCc2ccc3cc(OC(=O)c4ccc(OC)cc4)ccc3c2)cc1.CCCCCOO.CCO. The number of hydrogen-bond acceptors (Lipinski definition) is 10. The molecule has 0 atom stereocenters. The molecule has 0 heterocycles. The van der Waals surface area contributed by atoms with Crippen molar-refractivity contribution in [1.29, 1.82) is 0 Å². The minimum atomic E-state index is -0.397. The molecule has 0 saturated heterocycles. The minimum absolute atomic E-state index is 0.250. The first-order valence-corrected chi connectivity index (χ1v) is 21.2. The van der Waals surface area contributed by atoms with Gasteiger partial charge in [0.25, 0.3) is 0 Å². The summed E-state index contributed by atoms with van der Waals surface area (Å²) in [6.07, 6.45) is 12.0. The van der Waals surface area contributed by atoms with Crippen LogP contribution in [0.5, 0.6) is 17.2 Å². The minimum Gasteiger partial charge on any atom is -0.497 e. The second-order valence-electron chi connectivity index (χ2n) is 12.8. The summed E-state index contributed by atoms with van der Waals surface area (Å²) in [5.41, 5.74) is 2.82. The maximum Gasteiger partial charge on any atom is 0.343 e. The lowest BCUT2D eigenvalue weighted by Gasteiger charge is -2.09. The second kappa shape index (κ2) is 39.2. The topological polar surface area (TPSA) is 122 Å². The summed E-state index contributed by atoms with van der Waals surface area (Å²) in [5, 5.41) is 17.5. The van der Waals surface area contributed by atoms with Gasteiger partial charge in [-0.05, 0) is 104 Å². The van der Waals surface area contributed by atoms with E-state index in [0.717, 1.165) is 54.4 Å². The molecular formula is C49H74O10. The largest absolute Gasteiger partial charge is 0.497 e. The zero-order valence-corrected chi connectivity index (χ0v) is 37.0. The van der Waals surface area contributed by atoms with Crippen LogP contribution in [0.25, 0.3) is 10.8 Å². The van der Waals surface area contributed by atoms with E-state index >= 15 is 0 Å². The van der Waals surface area contributed by atoms with Crippen LogP contribution in [0.4, 0.5) is 0 Å². The number of hydrogen-bond donors (Lipinski definition) is 2. The Balaban J connectivity index is 0.00000140. The molecule has 59 heavy (non-hydrogen) atoms. The van der Waals surface area contributed by atoms with E-state index < -0.39 is 5.97 Å². The molecule has 0 aromatic heterocycles. The smallest absolute Gasteiger partial charge is 0.343 e. The third-order valence-electron chi connectivity index (χ3n) is 8.10. The predicted molar refractivity (Wildman–Crippen MR) is 241 cm³/mol. The van der Waals surface area contributed by atoms with Crippen LogP contribution in [0.3, 0.4) is 0 Å². The molecule has 0 aliphatic heterocycles. The first-order chi connectivity index (χ1) is 28.9. The number of benzene rings is 4. The molecule has 4 aromatic carbocycles. The zero-order valence-electron chi connectivity index (χ0n) is 37.0. The molecule has 0 amide bonds. The van der Waals surface area contributed by atoms with Crippen molar-refractivity contribution in [3.05, 3.63) is 114 Å². The van der Waals surface area contributed by atoms with E-state index in [0.29, 0.717) is 56.9 Å². The van der Waals surface area contributed by atoms with Gasteiger partial charge in [0.1, 0.15) is 24.0 Å². The highest BCUT2D eigenvalue weighted by Crippen LogP contribution is 2.24. The fourth-order valence-corrected chi connectivity index (χ4v) is 5.03. The number of rotatable bonds is 24. The highest BCUT2D eigenvalue weighted by atomic mass is 17.1. The van der Waals surface area contributed by atoms with Gasteiger partial charge in [-0.1, -0.05) is 109 Å². The summed E-state index contributed by atoms with van der Waals surface area (Å²) in [5.74, 6) is 1.74. The Morgan fingerprint density at radius 2 is 1.24 bits per heavy atom. The van der Waals surface area contributed by atoms with Crippen LogP contribution in [0.1, 0.15) is 114 Å². The highest BCUT2D eigenvalue weighted by Gasteiger charge is 2.10. The summed E-state index contributed by atoms with van der Waals surface area (Å²) in [6, 6.07) is 27.0. The van der Waals surface area contributed by atoms with Crippen LogP contribution in [0.15, 0.2) is 97.6 Å². The molecule has 10 heteroatoms. The van der Waals surface area contributed by atoms with Crippen molar-refractivity contribution in [1.82, 2.24) is 0 Å². The Kier molecular flexibility index (Phi) is 36.3. The Morgan fingerprint density at radius 3 is 1.86 bits per heavy atom. The van der Waals surface area contributed by atoms with Gasteiger partial charge in [0.05, 0.1) is 45.7 Å². The zero-order chi connectivity index (χ0) is 43.8. The quantitative estimate of drug-likeness (QED) is 0.0134. The van der Waals surface area contributed by atoms with Gasteiger partial charge in [0, 0.05) is 13.2 Å². The second-order valence-corrected chi connectivity index (χ2v) is 12.8. The van der Waals surface area contributed by atoms with Crippen molar-refractivity contribution in [3.8, 4) is 17.2 Å². The molecule has 0 radical (unpaired) electrons. The van der Waals surface area contributed by atoms with E-state index in [4.69, 9.17) is 38.8 Å². The highest BCUT2D eigenvalue weighted by molar-refractivity contribution is 5.92. The van der Waals surface area contributed by atoms with Gasteiger partial charge in [-0.2, -0.15) is 0 Å². The molecule has 10 nitrogen and oxygen atoms in total. The predicted octanol–water partition coefficient (Wildman–Crippen LogP) is 12.1. The normalized spacial score (nSPS) is 9.98. The van der Waals surface area contributed by atoms with Crippen LogP contribution in [0.2, 0.25) is 0 Å². The summed E-state index contributed by atoms with van der Waals surface area (Å²) in [6.45, 7) is 19.8. The van der Waals surface area contributed by atoms with Crippen molar-refractivity contribution >= 4 is 16.7 Å². The molecule has 2 N–H and O–H groups in total. The monoisotopic (exact) mass is 823 g/mol. The Morgan fingerprint density at radius 1 is 0.661 bits per heavy atom. The summed E-state index contributed by atoms with van der Waals surface area (Å²) >= 11 is 0. The number of carbonyl (C=O) groups is 1. The third kappa shape index (κ3) is 27.9. The number of aliphatic hydroxyl groups excluding tert-OH is 1. The van der Waals surface area contributed by atoms with Crippen molar-refractivity contribution in [2.75, 3.05) is 53.5 Å². The molecular weight excluding hydrogens is 749 g/mol. The van der Waals surface area contributed by atoms with Crippen molar-refractivity contribution in [2.24, 2.45) is 0 Å². The van der Waals surface area contributed by atoms with E-state index in [9.17, 15) is 4.79 Å². The molecule has 0 saturated carbocycles. The molecule has 0 fully saturated rings. The van der Waals surface area contributed by atoms with Gasteiger partial charge in [-0.3, -0.25) is 5.26 Å². The maximum absolute atomic E-state index is 12.5. The first kappa shape index (κ1) is 54.7. The lowest BCUT2D eigenvalue weighted by Crippen LogP contribution is -2.08. The van der Waals surface area contributed by atoms with Gasteiger partial charge in [0.15, 0.2) is 0 Å². The average molecular weight is 823 g/mol. The van der Waals surface area contributed by atoms with Crippen molar-refractivity contribution in [3.63, 3.8) is 0 Å². The number of aliphatic hydroxyl groups is 1. The van der Waals surface area contributed by atoms with Crippen LogP contribution in [-0.2, 0) is 32.1 Å². The number of ether oxygens (including phenoxy) is 6. The van der Waals surface area contributed by atoms with Gasteiger partial charge in [-0.25, -0.2) is 9.68 Å². The average Bonchev–Trinajstić information content (AvgIpc) is 3.27. The van der Waals surface area contributed by atoms with E-state index in [-0.39, 0.29) is 6.61 Å². The van der Waals surface area contributed by atoms with Gasteiger partial charge < -0.3 is 33.5 Å². The Bertz CT molecular complexity index is 1550. The molecule has 0 spiro atoms. The van der Waals surface area contributed by atoms with Gasteiger partial charge in [0.2, 0.25) is 0 Å². The molecule has 0 bridgehead atoms. The van der Waals surface area contributed by atoms with Crippen LogP contribution in [0, 0.1) is 0 Å². The first-order valence-electron chi connectivity index (χ1n) is 21.2. The summed E-state index contributed by atoms with van der Waals surface area (Å²) < 4.78 is 32.2. The number of unbranched alkanes of at least 4 members (excludes halogenated alkanes) is 6. The summed E-state index contributed by atoms with van der Waals surface area (Å²) in [7, 11) is 1.59. The number of carbonyl (C=O) groups excluding carboxylic acids is 1. The summed E-state index contributed by atoms with van der Waals surface area (Å²) in [4.78, 5) is 16.3. The Labute approximate surface area is 355 Å². The molecule has 4 aromatic rings. The molecule has 330 valence electrons. The number of methoxy groups -OCH3 is 1. The van der Waals surface area contributed by atoms with Crippen LogP contribution < -0.4 is 14.2 Å². The van der Waals surface area contributed by atoms with E-state index in [1.54, 1.807) is 44.4 Å². The molecule has 0 unspecified atom stereocenters. The van der Waals surface area contributed by atoms with Crippen molar-refractivity contribution < 1.29 is 48.5 Å². The van der Waals surface area contributed by atoms with Crippen molar-refractivity contribution in [2.45, 2.75) is 106 Å².